The minimum atomic E-state index is -0.268. The molecule has 0 bridgehead atoms. The predicted molar refractivity (Wildman–Crippen MR) is 98.0 cm³/mol. The second kappa shape index (κ2) is 7.19. The quantitative estimate of drug-likeness (QED) is 0.913. The molecule has 2 aromatic rings. The lowest BCUT2D eigenvalue weighted by atomic mass is 10.00. The lowest BCUT2D eigenvalue weighted by Crippen LogP contribution is -2.34. The van der Waals surface area contributed by atoms with Crippen LogP contribution in [0.15, 0.2) is 30.6 Å². The van der Waals surface area contributed by atoms with Gasteiger partial charge in [-0.2, -0.15) is 0 Å². The van der Waals surface area contributed by atoms with Crippen LogP contribution in [0, 0.1) is 5.92 Å². The number of ether oxygens (including phenoxy) is 2. The second-order valence-electron chi connectivity index (χ2n) is 6.73. The normalized spacial score (nSPS) is 17.0. The van der Waals surface area contributed by atoms with Crippen molar-refractivity contribution in [3.63, 3.8) is 0 Å². The molecule has 7 nitrogen and oxygen atoms in total. The molecule has 1 N–H and O–H groups in total. The SMILES string of the molecule is CC1CCN(c2ncc(NC(=O)c3cccc4c3OCCO4)cn2)CC1. The summed E-state index contributed by atoms with van der Waals surface area (Å²) in [4.78, 5) is 23.6. The Bertz CT molecular complexity index is 786. The Morgan fingerprint density at radius 2 is 1.88 bits per heavy atom. The van der Waals surface area contributed by atoms with E-state index < -0.39 is 0 Å². The van der Waals surface area contributed by atoms with E-state index in [4.69, 9.17) is 9.47 Å². The molecule has 26 heavy (non-hydrogen) atoms. The average Bonchev–Trinajstić information content (AvgIpc) is 2.69. The average molecular weight is 354 g/mol. The van der Waals surface area contributed by atoms with Crippen LogP contribution in [0.1, 0.15) is 30.1 Å². The number of hydrogen-bond donors (Lipinski definition) is 1. The molecular weight excluding hydrogens is 332 g/mol. The lowest BCUT2D eigenvalue weighted by Gasteiger charge is -2.30. The number of benzene rings is 1. The summed E-state index contributed by atoms with van der Waals surface area (Å²) < 4.78 is 11.1. The number of amides is 1. The van der Waals surface area contributed by atoms with Gasteiger partial charge in [0, 0.05) is 13.1 Å². The highest BCUT2D eigenvalue weighted by Gasteiger charge is 2.21. The summed E-state index contributed by atoms with van der Waals surface area (Å²) in [5, 5.41) is 2.83. The molecule has 0 unspecified atom stereocenters. The molecule has 1 saturated heterocycles. The zero-order valence-electron chi connectivity index (χ0n) is 14.8. The molecule has 0 radical (unpaired) electrons. The number of anilines is 2. The first-order valence-electron chi connectivity index (χ1n) is 8.97. The van der Waals surface area contributed by atoms with Crippen molar-refractivity contribution in [3.8, 4) is 11.5 Å². The van der Waals surface area contributed by atoms with Gasteiger partial charge >= 0.3 is 0 Å². The summed E-state index contributed by atoms with van der Waals surface area (Å²) in [6, 6.07) is 5.29. The van der Waals surface area contributed by atoms with Gasteiger partial charge in [0.2, 0.25) is 5.95 Å². The largest absolute Gasteiger partial charge is 0.486 e. The summed E-state index contributed by atoms with van der Waals surface area (Å²) in [6.07, 6.45) is 5.60. The Hall–Kier alpha value is -2.83. The Labute approximate surface area is 152 Å². The first-order chi connectivity index (χ1) is 12.7. The lowest BCUT2D eigenvalue weighted by molar-refractivity contribution is 0.101. The van der Waals surface area contributed by atoms with Crippen molar-refractivity contribution in [3.05, 3.63) is 36.2 Å². The van der Waals surface area contributed by atoms with E-state index in [9.17, 15) is 4.79 Å². The van der Waals surface area contributed by atoms with Crippen LogP contribution in [0.2, 0.25) is 0 Å². The number of fused-ring (bicyclic) bond motifs is 1. The maximum atomic E-state index is 12.6. The van der Waals surface area contributed by atoms with Gasteiger partial charge in [0.25, 0.3) is 5.91 Å². The monoisotopic (exact) mass is 354 g/mol. The van der Waals surface area contributed by atoms with Crippen LogP contribution in [0.3, 0.4) is 0 Å². The first-order valence-corrected chi connectivity index (χ1v) is 8.97. The number of para-hydroxylation sites is 1. The van der Waals surface area contributed by atoms with Crippen molar-refractivity contribution in [2.75, 3.05) is 36.5 Å². The van der Waals surface area contributed by atoms with Crippen molar-refractivity contribution in [2.24, 2.45) is 5.92 Å². The molecule has 2 aliphatic heterocycles. The summed E-state index contributed by atoms with van der Waals surface area (Å²) in [5.41, 5.74) is 0.995. The Morgan fingerprint density at radius 3 is 2.65 bits per heavy atom. The number of hydrogen-bond acceptors (Lipinski definition) is 6. The van der Waals surface area contributed by atoms with Gasteiger partial charge in [-0.15, -0.1) is 0 Å². The fourth-order valence-electron chi connectivity index (χ4n) is 3.21. The smallest absolute Gasteiger partial charge is 0.259 e. The summed E-state index contributed by atoms with van der Waals surface area (Å²) in [6.45, 7) is 5.14. The van der Waals surface area contributed by atoms with Crippen LogP contribution in [0.4, 0.5) is 11.6 Å². The van der Waals surface area contributed by atoms with Crippen molar-refractivity contribution < 1.29 is 14.3 Å². The zero-order valence-corrected chi connectivity index (χ0v) is 14.8. The highest BCUT2D eigenvalue weighted by atomic mass is 16.6. The highest BCUT2D eigenvalue weighted by Crippen LogP contribution is 2.34. The topological polar surface area (TPSA) is 76.6 Å². The third kappa shape index (κ3) is 3.42. The van der Waals surface area contributed by atoms with Crippen molar-refractivity contribution >= 4 is 17.5 Å². The molecule has 0 saturated carbocycles. The van der Waals surface area contributed by atoms with E-state index in [2.05, 4.69) is 27.1 Å². The van der Waals surface area contributed by atoms with Gasteiger partial charge in [0.15, 0.2) is 11.5 Å². The van der Waals surface area contributed by atoms with Crippen molar-refractivity contribution in [1.82, 2.24) is 9.97 Å². The standard InChI is InChI=1S/C19H22N4O3/c1-13-5-7-23(8-6-13)19-20-11-14(12-21-19)22-18(24)15-3-2-4-16-17(15)26-10-9-25-16/h2-4,11-13H,5-10H2,1H3,(H,22,24). The molecule has 1 aromatic heterocycles. The van der Waals surface area contributed by atoms with Gasteiger partial charge in [-0.1, -0.05) is 13.0 Å². The van der Waals surface area contributed by atoms with E-state index >= 15 is 0 Å². The van der Waals surface area contributed by atoms with Gasteiger partial charge in [0.1, 0.15) is 13.2 Å². The molecule has 136 valence electrons. The van der Waals surface area contributed by atoms with E-state index in [0.29, 0.717) is 41.9 Å². The van der Waals surface area contributed by atoms with E-state index in [1.54, 1.807) is 30.6 Å². The maximum Gasteiger partial charge on any atom is 0.259 e. The minimum Gasteiger partial charge on any atom is -0.486 e. The number of rotatable bonds is 3. The Balaban J connectivity index is 1.45. The van der Waals surface area contributed by atoms with E-state index in [0.717, 1.165) is 31.8 Å². The molecule has 3 heterocycles. The van der Waals surface area contributed by atoms with Crippen molar-refractivity contribution in [2.45, 2.75) is 19.8 Å². The van der Waals surface area contributed by atoms with Gasteiger partial charge in [-0.05, 0) is 30.9 Å². The van der Waals surface area contributed by atoms with E-state index in [1.165, 1.54) is 0 Å². The molecule has 1 amide bonds. The summed E-state index contributed by atoms with van der Waals surface area (Å²) in [7, 11) is 0. The zero-order chi connectivity index (χ0) is 17.9. The Kier molecular flexibility index (Phi) is 4.60. The number of aromatic nitrogens is 2. The number of nitrogens with one attached hydrogen (secondary N) is 1. The molecule has 7 heteroatoms. The van der Waals surface area contributed by atoms with Crippen molar-refractivity contribution in [1.29, 1.82) is 0 Å². The van der Waals surface area contributed by atoms with E-state index in [1.807, 2.05) is 0 Å². The summed E-state index contributed by atoms with van der Waals surface area (Å²) >= 11 is 0. The molecule has 4 rings (SSSR count). The number of piperidine rings is 1. The van der Waals surface area contributed by atoms with Crippen LogP contribution in [-0.2, 0) is 0 Å². The molecule has 0 atom stereocenters. The molecule has 0 spiro atoms. The summed E-state index contributed by atoms with van der Waals surface area (Å²) in [5.74, 6) is 2.28. The van der Waals surface area contributed by atoms with Crippen LogP contribution in [0.5, 0.6) is 11.5 Å². The first kappa shape index (κ1) is 16.6. The van der Waals surface area contributed by atoms with Gasteiger partial charge in [-0.3, -0.25) is 4.79 Å². The third-order valence-corrected chi connectivity index (χ3v) is 4.77. The highest BCUT2D eigenvalue weighted by molar-refractivity contribution is 6.06. The molecular formula is C19H22N4O3. The predicted octanol–water partition coefficient (Wildman–Crippen LogP) is 2.74. The fourth-order valence-corrected chi connectivity index (χ4v) is 3.21. The maximum absolute atomic E-state index is 12.6. The molecule has 2 aliphatic rings. The van der Waals surface area contributed by atoms with Gasteiger partial charge in [-0.25, -0.2) is 9.97 Å². The van der Waals surface area contributed by atoms with Gasteiger partial charge < -0.3 is 19.7 Å². The second-order valence-corrected chi connectivity index (χ2v) is 6.73. The third-order valence-electron chi connectivity index (χ3n) is 4.77. The minimum absolute atomic E-state index is 0.268. The number of nitrogens with zero attached hydrogens (tertiary/aromatic N) is 3. The fraction of sp³-hybridized carbons (Fsp3) is 0.421. The van der Waals surface area contributed by atoms with Crippen LogP contribution >= 0.6 is 0 Å². The van der Waals surface area contributed by atoms with Crippen LogP contribution in [-0.4, -0.2) is 42.2 Å². The number of carbonyl (C=O) groups excluding carboxylic acids is 1. The van der Waals surface area contributed by atoms with E-state index in [-0.39, 0.29) is 5.91 Å². The van der Waals surface area contributed by atoms with Gasteiger partial charge in [0.05, 0.1) is 23.6 Å². The van der Waals surface area contributed by atoms with Crippen LogP contribution < -0.4 is 19.7 Å². The molecule has 1 aromatic carbocycles. The molecule has 0 aliphatic carbocycles. The number of carbonyl (C=O) groups is 1. The Morgan fingerprint density at radius 1 is 1.15 bits per heavy atom. The molecule has 1 fully saturated rings. The van der Waals surface area contributed by atoms with Crippen LogP contribution in [0.25, 0.3) is 0 Å².